The van der Waals surface area contributed by atoms with Crippen molar-refractivity contribution < 1.29 is 18.5 Å². The molecular formula is C17H24BFN2O3. The Labute approximate surface area is 142 Å². The van der Waals surface area contributed by atoms with Crippen LogP contribution in [-0.4, -0.2) is 30.8 Å². The third-order valence-electron chi connectivity index (χ3n) is 4.52. The van der Waals surface area contributed by atoms with E-state index in [-0.39, 0.29) is 18.1 Å². The fourth-order valence-electron chi connectivity index (χ4n) is 2.30. The SMILES string of the molecule is CC(=O)NCC(=Cc1cccc(F)c1N)B1OC(C)(C)C(C)(C)O1. The monoisotopic (exact) mass is 334 g/mol. The van der Waals surface area contributed by atoms with Crippen molar-refractivity contribution in [2.24, 2.45) is 0 Å². The van der Waals surface area contributed by atoms with Gasteiger partial charge in [-0.3, -0.25) is 4.79 Å². The predicted molar refractivity (Wildman–Crippen MR) is 93.6 cm³/mol. The van der Waals surface area contributed by atoms with Crippen LogP contribution in [-0.2, 0) is 14.1 Å². The Hall–Kier alpha value is -1.86. The zero-order valence-electron chi connectivity index (χ0n) is 14.8. The van der Waals surface area contributed by atoms with Crippen LogP contribution in [0.1, 0.15) is 40.2 Å². The molecule has 2 rings (SSSR count). The number of nitrogens with two attached hydrogens (primary N) is 1. The third kappa shape index (κ3) is 3.79. The maximum Gasteiger partial charge on any atom is 0.492 e. The second-order valence-electron chi connectivity index (χ2n) is 6.96. The highest BCUT2D eigenvalue weighted by atomic mass is 19.1. The number of carbonyl (C=O) groups excluding carboxylic acids is 1. The Bertz CT molecular complexity index is 658. The molecule has 1 aromatic rings. The summed E-state index contributed by atoms with van der Waals surface area (Å²) in [6.07, 6.45) is 1.70. The molecule has 0 saturated carbocycles. The number of halogens is 1. The number of nitrogen functional groups attached to an aromatic ring is 1. The molecule has 7 heteroatoms. The highest BCUT2D eigenvalue weighted by molar-refractivity contribution is 6.56. The van der Waals surface area contributed by atoms with Gasteiger partial charge in [-0.05, 0) is 44.8 Å². The maximum absolute atomic E-state index is 13.7. The average molecular weight is 334 g/mol. The van der Waals surface area contributed by atoms with Crippen LogP contribution in [0.3, 0.4) is 0 Å². The summed E-state index contributed by atoms with van der Waals surface area (Å²) in [6.45, 7) is 9.43. The number of para-hydroxylation sites is 1. The van der Waals surface area contributed by atoms with Crippen LogP contribution in [0.15, 0.2) is 23.7 Å². The first-order valence-corrected chi connectivity index (χ1v) is 7.88. The Morgan fingerprint density at radius 1 is 1.29 bits per heavy atom. The van der Waals surface area contributed by atoms with Gasteiger partial charge in [0.2, 0.25) is 5.91 Å². The Morgan fingerprint density at radius 3 is 2.42 bits per heavy atom. The lowest BCUT2D eigenvalue weighted by atomic mass is 9.76. The summed E-state index contributed by atoms with van der Waals surface area (Å²) in [7, 11) is -0.649. The summed E-state index contributed by atoms with van der Waals surface area (Å²) < 4.78 is 25.7. The summed E-state index contributed by atoms with van der Waals surface area (Å²) >= 11 is 0. The van der Waals surface area contributed by atoms with E-state index in [1.54, 1.807) is 18.2 Å². The summed E-state index contributed by atoms with van der Waals surface area (Å²) in [5, 5.41) is 2.73. The van der Waals surface area contributed by atoms with Crippen LogP contribution in [0.2, 0.25) is 0 Å². The summed E-state index contributed by atoms with van der Waals surface area (Å²) in [5.41, 5.74) is 6.01. The number of benzene rings is 1. The van der Waals surface area contributed by atoms with Gasteiger partial charge in [-0.15, -0.1) is 0 Å². The molecule has 1 fully saturated rings. The zero-order valence-corrected chi connectivity index (χ0v) is 14.8. The van der Waals surface area contributed by atoms with E-state index >= 15 is 0 Å². The van der Waals surface area contributed by atoms with Crippen molar-refractivity contribution in [2.75, 3.05) is 12.3 Å². The lowest BCUT2D eigenvalue weighted by Crippen LogP contribution is -2.41. The molecule has 0 radical (unpaired) electrons. The maximum atomic E-state index is 13.7. The quantitative estimate of drug-likeness (QED) is 0.656. The van der Waals surface area contributed by atoms with E-state index in [9.17, 15) is 9.18 Å². The topological polar surface area (TPSA) is 73.6 Å². The molecule has 130 valence electrons. The number of amides is 1. The van der Waals surface area contributed by atoms with Gasteiger partial charge in [-0.1, -0.05) is 18.2 Å². The van der Waals surface area contributed by atoms with E-state index in [4.69, 9.17) is 15.0 Å². The summed E-state index contributed by atoms with van der Waals surface area (Å²) in [4.78, 5) is 11.3. The fourth-order valence-corrected chi connectivity index (χ4v) is 2.30. The standard InChI is InChI=1S/C17H24BFN2O3/c1-11(22)21-10-13(9-12-7-6-8-14(19)15(12)20)18-23-16(2,3)17(4,5)24-18/h6-9H,10,20H2,1-5H3,(H,21,22). The Morgan fingerprint density at radius 2 is 1.88 bits per heavy atom. The molecule has 1 amide bonds. The molecule has 1 aromatic carbocycles. The molecule has 5 nitrogen and oxygen atoms in total. The molecule has 0 aromatic heterocycles. The molecule has 0 atom stereocenters. The number of rotatable bonds is 4. The number of hydrogen-bond donors (Lipinski definition) is 2. The van der Waals surface area contributed by atoms with E-state index in [1.807, 2.05) is 27.7 Å². The molecule has 0 aliphatic carbocycles. The van der Waals surface area contributed by atoms with Crippen molar-refractivity contribution in [3.63, 3.8) is 0 Å². The second-order valence-corrected chi connectivity index (χ2v) is 6.96. The van der Waals surface area contributed by atoms with Crippen molar-refractivity contribution in [3.8, 4) is 0 Å². The number of hydrogen-bond acceptors (Lipinski definition) is 4. The normalized spacial score (nSPS) is 19.4. The van der Waals surface area contributed by atoms with Crippen molar-refractivity contribution in [1.29, 1.82) is 0 Å². The van der Waals surface area contributed by atoms with Crippen molar-refractivity contribution in [1.82, 2.24) is 5.32 Å². The molecule has 1 heterocycles. The van der Waals surface area contributed by atoms with Gasteiger partial charge >= 0.3 is 7.12 Å². The lowest BCUT2D eigenvalue weighted by molar-refractivity contribution is -0.118. The molecule has 1 aliphatic heterocycles. The van der Waals surface area contributed by atoms with Crippen LogP contribution in [0.25, 0.3) is 6.08 Å². The summed E-state index contributed by atoms with van der Waals surface area (Å²) in [5.74, 6) is -0.666. The van der Waals surface area contributed by atoms with Crippen molar-refractivity contribution in [3.05, 3.63) is 35.1 Å². The molecule has 3 N–H and O–H groups in total. The second kappa shape index (κ2) is 6.57. The lowest BCUT2D eigenvalue weighted by Gasteiger charge is -2.32. The van der Waals surface area contributed by atoms with Crippen LogP contribution in [0.5, 0.6) is 0 Å². The molecule has 1 aliphatic rings. The Kier molecular flexibility index (Phi) is 5.06. The Balaban J connectivity index is 2.37. The fraction of sp³-hybridized carbons (Fsp3) is 0.471. The van der Waals surface area contributed by atoms with Gasteiger partial charge in [-0.2, -0.15) is 0 Å². The van der Waals surface area contributed by atoms with Gasteiger partial charge in [-0.25, -0.2) is 4.39 Å². The van der Waals surface area contributed by atoms with E-state index in [0.29, 0.717) is 11.0 Å². The zero-order chi connectivity index (χ0) is 18.1. The minimum absolute atomic E-state index is 0.0503. The first kappa shape index (κ1) is 18.5. The molecule has 0 unspecified atom stereocenters. The van der Waals surface area contributed by atoms with Gasteiger partial charge in [0, 0.05) is 13.5 Å². The molecule has 1 saturated heterocycles. The third-order valence-corrected chi connectivity index (χ3v) is 4.52. The minimum atomic E-state index is -0.649. The van der Waals surface area contributed by atoms with Gasteiger partial charge in [0.25, 0.3) is 0 Å². The van der Waals surface area contributed by atoms with Gasteiger partial charge in [0.15, 0.2) is 0 Å². The smallest absolute Gasteiger partial charge is 0.400 e. The van der Waals surface area contributed by atoms with E-state index < -0.39 is 24.1 Å². The first-order chi connectivity index (χ1) is 11.0. The molecule has 24 heavy (non-hydrogen) atoms. The minimum Gasteiger partial charge on any atom is -0.400 e. The van der Waals surface area contributed by atoms with Crippen LogP contribution < -0.4 is 11.1 Å². The number of anilines is 1. The predicted octanol–water partition coefficient (Wildman–Crippen LogP) is 2.56. The van der Waals surface area contributed by atoms with Crippen LogP contribution >= 0.6 is 0 Å². The highest BCUT2D eigenvalue weighted by Gasteiger charge is 2.52. The molecule has 0 bridgehead atoms. The number of nitrogens with one attached hydrogen (secondary N) is 1. The average Bonchev–Trinajstić information content (AvgIpc) is 2.67. The van der Waals surface area contributed by atoms with Gasteiger partial charge in [0.1, 0.15) is 5.82 Å². The van der Waals surface area contributed by atoms with Gasteiger partial charge < -0.3 is 20.4 Å². The van der Waals surface area contributed by atoms with E-state index in [2.05, 4.69) is 5.32 Å². The molecular weight excluding hydrogens is 310 g/mol. The van der Waals surface area contributed by atoms with Gasteiger partial charge in [0.05, 0.1) is 16.9 Å². The van der Waals surface area contributed by atoms with Crippen LogP contribution in [0, 0.1) is 5.82 Å². The van der Waals surface area contributed by atoms with E-state index in [0.717, 1.165) is 0 Å². The first-order valence-electron chi connectivity index (χ1n) is 7.88. The largest absolute Gasteiger partial charge is 0.492 e. The number of carbonyl (C=O) groups is 1. The van der Waals surface area contributed by atoms with Crippen LogP contribution in [0.4, 0.5) is 10.1 Å². The molecule has 0 spiro atoms. The van der Waals surface area contributed by atoms with Crippen molar-refractivity contribution >= 4 is 24.8 Å². The van der Waals surface area contributed by atoms with Crippen molar-refractivity contribution in [2.45, 2.75) is 45.8 Å². The highest BCUT2D eigenvalue weighted by Crippen LogP contribution is 2.39. The van der Waals surface area contributed by atoms with E-state index in [1.165, 1.54) is 13.0 Å². The summed E-state index contributed by atoms with van der Waals surface area (Å²) in [6, 6.07) is 4.59.